The zero-order valence-corrected chi connectivity index (χ0v) is 21.9. The molecule has 0 radical (unpaired) electrons. The van der Waals surface area contributed by atoms with Crippen LogP contribution in [0.25, 0.3) is 0 Å². The maximum absolute atomic E-state index is 14.0. The minimum atomic E-state index is -4.29. The second-order valence-electron chi connectivity index (χ2n) is 9.86. The fourth-order valence-electron chi connectivity index (χ4n) is 4.92. The molecule has 0 spiro atoms. The van der Waals surface area contributed by atoms with Gasteiger partial charge < -0.3 is 4.74 Å². The molecular formula is C25H30N2O5S2. The average Bonchev–Trinajstić information content (AvgIpc) is 3.07. The van der Waals surface area contributed by atoms with E-state index in [1.165, 1.54) is 28.8 Å². The van der Waals surface area contributed by atoms with Crippen LogP contribution in [0.5, 0.6) is 0 Å². The zero-order valence-electron chi connectivity index (χ0n) is 20.3. The third-order valence-electron chi connectivity index (χ3n) is 6.25. The number of nitrogens with zero attached hydrogens (tertiary/aromatic N) is 2. The monoisotopic (exact) mass is 502 g/mol. The number of fused-ring (bicyclic) bond motifs is 3. The van der Waals surface area contributed by atoms with Crippen LogP contribution >= 0.6 is 11.8 Å². The SMILES string of the molecule is CCS[C@@]12N(C(=O)OC(C)(C)C)c3ccccc3[C@]1(C)CC(=O)N2S(=O)(=O)c1ccc(C)cc1. The van der Waals surface area contributed by atoms with Crippen LogP contribution < -0.4 is 4.90 Å². The Morgan fingerprint density at radius 3 is 2.32 bits per heavy atom. The number of para-hydroxylation sites is 1. The van der Waals surface area contributed by atoms with Crippen molar-refractivity contribution in [2.45, 2.75) is 68.9 Å². The number of benzene rings is 2. The number of thioether (sulfide) groups is 1. The maximum atomic E-state index is 14.0. The van der Waals surface area contributed by atoms with Gasteiger partial charge in [-0.3, -0.25) is 4.79 Å². The van der Waals surface area contributed by atoms with E-state index < -0.39 is 38.0 Å². The van der Waals surface area contributed by atoms with Crippen LogP contribution in [-0.2, 0) is 25.0 Å². The molecule has 1 saturated heterocycles. The highest BCUT2D eigenvalue weighted by atomic mass is 32.2. The maximum Gasteiger partial charge on any atom is 0.417 e. The fourth-order valence-corrected chi connectivity index (χ4v) is 8.42. The van der Waals surface area contributed by atoms with E-state index in [0.29, 0.717) is 11.4 Å². The molecule has 34 heavy (non-hydrogen) atoms. The van der Waals surface area contributed by atoms with Crippen LogP contribution in [0.3, 0.4) is 0 Å². The van der Waals surface area contributed by atoms with Crippen molar-refractivity contribution >= 4 is 39.5 Å². The Hall–Kier alpha value is -2.52. The standard InChI is InChI=1S/C25H30N2O5S2/c1-7-33-25-24(6,16-21(28)27(25)34(30,31)18-14-12-17(2)13-15-18)19-10-8-9-11-20(19)26(25)22(29)32-23(3,4)5/h8-15H,7,16H2,1-6H3/t24-,25+/m0/s1. The van der Waals surface area contributed by atoms with Gasteiger partial charge in [-0.05, 0) is 64.1 Å². The van der Waals surface area contributed by atoms with Crippen molar-refractivity contribution in [1.82, 2.24) is 4.31 Å². The molecule has 2 aliphatic heterocycles. The Kier molecular flexibility index (Phi) is 5.80. The Morgan fingerprint density at radius 2 is 1.74 bits per heavy atom. The summed E-state index contributed by atoms with van der Waals surface area (Å²) in [5.74, 6) is -0.0807. The second-order valence-corrected chi connectivity index (χ2v) is 13.1. The highest BCUT2D eigenvalue weighted by Crippen LogP contribution is 2.64. The zero-order chi connectivity index (χ0) is 25.1. The lowest BCUT2D eigenvalue weighted by Crippen LogP contribution is -2.64. The van der Waals surface area contributed by atoms with Gasteiger partial charge in [-0.2, -0.15) is 4.31 Å². The molecule has 1 fully saturated rings. The Morgan fingerprint density at radius 1 is 1.12 bits per heavy atom. The van der Waals surface area contributed by atoms with Crippen molar-refractivity contribution in [1.29, 1.82) is 0 Å². The van der Waals surface area contributed by atoms with E-state index in [1.54, 1.807) is 45.0 Å². The first kappa shape index (κ1) is 24.6. The number of sulfonamides is 1. The van der Waals surface area contributed by atoms with Gasteiger partial charge in [0.2, 0.25) is 5.91 Å². The van der Waals surface area contributed by atoms with Gasteiger partial charge in [0, 0.05) is 6.42 Å². The molecule has 0 bridgehead atoms. The van der Waals surface area contributed by atoms with Crippen molar-refractivity contribution in [2.24, 2.45) is 0 Å². The molecule has 9 heteroatoms. The summed E-state index contributed by atoms with van der Waals surface area (Å²) < 4.78 is 34.8. The molecule has 2 amide bonds. The predicted octanol–water partition coefficient (Wildman–Crippen LogP) is 5.04. The largest absolute Gasteiger partial charge is 0.443 e. The number of carbonyl (C=O) groups excluding carboxylic acids is 2. The molecule has 2 heterocycles. The summed E-state index contributed by atoms with van der Waals surface area (Å²) in [5, 5.41) is 0. The summed E-state index contributed by atoms with van der Waals surface area (Å²) in [7, 11) is -4.29. The Bertz CT molecular complexity index is 1250. The van der Waals surface area contributed by atoms with E-state index in [9.17, 15) is 18.0 Å². The number of anilines is 1. The van der Waals surface area contributed by atoms with Gasteiger partial charge in [-0.1, -0.05) is 42.8 Å². The minimum absolute atomic E-state index is 0.00636. The van der Waals surface area contributed by atoms with Gasteiger partial charge in [-0.15, -0.1) is 11.8 Å². The molecule has 2 atom stereocenters. The van der Waals surface area contributed by atoms with Crippen LogP contribution in [0.15, 0.2) is 53.4 Å². The molecule has 0 aliphatic carbocycles. The number of ether oxygens (including phenoxy) is 1. The fraction of sp³-hybridized carbons (Fsp3) is 0.440. The van der Waals surface area contributed by atoms with E-state index in [2.05, 4.69) is 0 Å². The van der Waals surface area contributed by atoms with Crippen LogP contribution in [-0.4, -0.2) is 41.1 Å². The van der Waals surface area contributed by atoms with Gasteiger partial charge in [0.1, 0.15) is 5.60 Å². The lowest BCUT2D eigenvalue weighted by molar-refractivity contribution is -0.124. The van der Waals surface area contributed by atoms with Crippen molar-refractivity contribution in [2.75, 3.05) is 10.7 Å². The third-order valence-corrected chi connectivity index (χ3v) is 9.69. The number of rotatable bonds is 4. The predicted molar refractivity (Wildman–Crippen MR) is 133 cm³/mol. The third kappa shape index (κ3) is 3.43. The topological polar surface area (TPSA) is 84.0 Å². The molecule has 2 aliphatic rings. The van der Waals surface area contributed by atoms with Gasteiger partial charge in [0.25, 0.3) is 10.0 Å². The average molecular weight is 503 g/mol. The van der Waals surface area contributed by atoms with Crippen molar-refractivity contribution < 1.29 is 22.7 Å². The van der Waals surface area contributed by atoms with Gasteiger partial charge in [0.15, 0.2) is 4.99 Å². The van der Waals surface area contributed by atoms with Crippen molar-refractivity contribution in [3.05, 3.63) is 59.7 Å². The number of carbonyl (C=O) groups is 2. The quantitative estimate of drug-likeness (QED) is 0.583. The number of hydrogen-bond acceptors (Lipinski definition) is 6. The first-order valence-corrected chi connectivity index (χ1v) is 13.6. The molecule has 0 unspecified atom stereocenters. The molecule has 4 rings (SSSR count). The lowest BCUT2D eigenvalue weighted by atomic mass is 9.81. The Labute approximate surface area is 205 Å². The molecule has 2 aromatic carbocycles. The molecule has 2 aromatic rings. The van der Waals surface area contributed by atoms with Crippen LogP contribution in [0.4, 0.5) is 10.5 Å². The van der Waals surface area contributed by atoms with Crippen molar-refractivity contribution in [3.63, 3.8) is 0 Å². The van der Waals surface area contributed by atoms with Crippen LogP contribution in [0.1, 0.15) is 52.2 Å². The molecular weight excluding hydrogens is 472 g/mol. The van der Waals surface area contributed by atoms with E-state index in [4.69, 9.17) is 4.74 Å². The normalized spacial score (nSPS) is 24.2. The summed E-state index contributed by atoms with van der Waals surface area (Å²) in [4.78, 5) is 27.1. The van der Waals surface area contributed by atoms with Gasteiger partial charge in [-0.25, -0.2) is 18.1 Å². The number of aryl methyl sites for hydroxylation is 1. The van der Waals surface area contributed by atoms with Crippen LogP contribution in [0, 0.1) is 6.92 Å². The van der Waals surface area contributed by atoms with E-state index in [-0.39, 0.29) is 11.3 Å². The molecule has 0 N–H and O–H groups in total. The minimum Gasteiger partial charge on any atom is -0.443 e. The van der Waals surface area contributed by atoms with Gasteiger partial charge in [0.05, 0.1) is 16.0 Å². The summed E-state index contributed by atoms with van der Waals surface area (Å²) in [6, 6.07) is 13.7. The van der Waals surface area contributed by atoms with E-state index >= 15 is 0 Å². The molecule has 0 aromatic heterocycles. The molecule has 0 saturated carbocycles. The smallest absolute Gasteiger partial charge is 0.417 e. The highest BCUT2D eigenvalue weighted by Gasteiger charge is 2.74. The summed E-state index contributed by atoms with van der Waals surface area (Å²) >= 11 is 1.26. The van der Waals surface area contributed by atoms with E-state index in [1.807, 2.05) is 32.9 Å². The molecule has 7 nitrogen and oxygen atoms in total. The number of amides is 2. The summed E-state index contributed by atoms with van der Waals surface area (Å²) in [6.07, 6.45) is -0.745. The van der Waals surface area contributed by atoms with E-state index in [0.717, 1.165) is 15.4 Å². The summed E-state index contributed by atoms with van der Waals surface area (Å²) in [5.41, 5.74) is 0.411. The van der Waals surface area contributed by atoms with Crippen LogP contribution in [0.2, 0.25) is 0 Å². The highest BCUT2D eigenvalue weighted by molar-refractivity contribution is 8.01. The number of hydrogen-bond donors (Lipinski definition) is 0. The van der Waals surface area contributed by atoms with Crippen molar-refractivity contribution in [3.8, 4) is 0 Å². The first-order valence-electron chi connectivity index (χ1n) is 11.2. The first-order chi connectivity index (χ1) is 15.8. The molecule has 182 valence electrons. The lowest BCUT2D eigenvalue weighted by Gasteiger charge is -2.46. The van der Waals surface area contributed by atoms with Gasteiger partial charge >= 0.3 is 6.09 Å². The second kappa shape index (κ2) is 8.02. The Balaban J connectivity index is 2.01. The summed E-state index contributed by atoms with van der Waals surface area (Å²) in [6.45, 7) is 10.9.